The Morgan fingerprint density at radius 3 is 2.74 bits per heavy atom. The number of nitrogens with one attached hydrogen (secondary N) is 3. The van der Waals surface area contributed by atoms with E-state index in [0.717, 1.165) is 36.0 Å². The van der Waals surface area contributed by atoms with Gasteiger partial charge in [-0.3, -0.25) is 4.90 Å². The number of benzene rings is 2. The molecule has 3 N–H and O–H groups in total. The smallest absolute Gasteiger partial charge is 0.0852 e. The molecule has 2 saturated heterocycles. The van der Waals surface area contributed by atoms with Gasteiger partial charge in [-0.25, -0.2) is 0 Å². The maximum Gasteiger partial charge on any atom is 0.0852 e. The second-order valence-corrected chi connectivity index (χ2v) is 11.0. The molecular weight excluding hydrogens is 427 g/mol. The van der Waals surface area contributed by atoms with Crippen LogP contribution in [-0.4, -0.2) is 34.7 Å². The Morgan fingerprint density at radius 2 is 1.87 bits per heavy atom. The summed E-state index contributed by atoms with van der Waals surface area (Å²) >= 11 is 12.7. The first-order valence-corrected chi connectivity index (χ1v) is 12.0. The fraction of sp³-hybridized carbons (Fsp3) is 0.440. The van der Waals surface area contributed by atoms with Gasteiger partial charge in [-0.1, -0.05) is 23.2 Å². The van der Waals surface area contributed by atoms with Crippen molar-refractivity contribution in [3.05, 3.63) is 63.3 Å². The number of aromatic nitrogens is 1. The average molecular weight is 453 g/mol. The minimum atomic E-state index is -0.132. The summed E-state index contributed by atoms with van der Waals surface area (Å²) in [5.41, 5.74) is 6.40. The van der Waals surface area contributed by atoms with Gasteiger partial charge >= 0.3 is 0 Å². The molecule has 160 valence electrons. The molecule has 0 radical (unpaired) electrons. The summed E-state index contributed by atoms with van der Waals surface area (Å²) in [5, 5.41) is 10.9. The highest BCUT2D eigenvalue weighted by Gasteiger charge is 2.70. The first-order valence-electron chi connectivity index (χ1n) is 11.3. The monoisotopic (exact) mass is 452 g/mol. The second kappa shape index (κ2) is 5.99. The Hall–Kier alpha value is -1.72. The summed E-state index contributed by atoms with van der Waals surface area (Å²) in [4.78, 5) is 6.55. The van der Waals surface area contributed by atoms with Crippen LogP contribution in [0.15, 0.2) is 36.4 Å². The van der Waals surface area contributed by atoms with Crippen LogP contribution in [0.5, 0.6) is 0 Å². The van der Waals surface area contributed by atoms with Gasteiger partial charge in [0.1, 0.15) is 0 Å². The van der Waals surface area contributed by atoms with Crippen LogP contribution in [0.3, 0.4) is 0 Å². The van der Waals surface area contributed by atoms with Crippen molar-refractivity contribution in [2.75, 3.05) is 18.4 Å². The van der Waals surface area contributed by atoms with Crippen LogP contribution >= 0.6 is 23.2 Å². The van der Waals surface area contributed by atoms with Crippen LogP contribution in [0.2, 0.25) is 10.0 Å². The fourth-order valence-electron chi connectivity index (χ4n) is 7.47. The van der Waals surface area contributed by atoms with E-state index in [1.54, 1.807) is 0 Å². The molecule has 4 aliphatic heterocycles. The molecule has 2 fully saturated rings. The van der Waals surface area contributed by atoms with Gasteiger partial charge in [-0.2, -0.15) is 0 Å². The Morgan fingerprint density at radius 1 is 1.06 bits per heavy atom. The summed E-state index contributed by atoms with van der Waals surface area (Å²) in [7, 11) is 0. The highest BCUT2D eigenvalue weighted by molar-refractivity contribution is 6.31. The molecule has 31 heavy (non-hydrogen) atoms. The van der Waals surface area contributed by atoms with Crippen LogP contribution in [0, 0.1) is 11.8 Å². The van der Waals surface area contributed by atoms with Crippen molar-refractivity contribution < 1.29 is 0 Å². The number of nitrogens with zero attached hydrogens (tertiary/aromatic N) is 1. The summed E-state index contributed by atoms with van der Waals surface area (Å²) in [6.45, 7) is 6.96. The van der Waals surface area contributed by atoms with Gasteiger partial charge in [-0.05, 0) is 86.7 Å². The molecule has 5 atom stereocenters. The van der Waals surface area contributed by atoms with Crippen molar-refractivity contribution >= 4 is 39.8 Å². The first kappa shape index (κ1) is 18.8. The van der Waals surface area contributed by atoms with Gasteiger partial charge in [-0.15, -0.1) is 0 Å². The number of anilines is 1. The zero-order chi connectivity index (χ0) is 21.1. The molecule has 0 saturated carbocycles. The van der Waals surface area contributed by atoms with Gasteiger partial charge in [0.2, 0.25) is 0 Å². The van der Waals surface area contributed by atoms with Gasteiger partial charge in [0.15, 0.2) is 0 Å². The zero-order valence-corrected chi connectivity index (χ0v) is 19.2. The quantitative estimate of drug-likeness (QED) is 0.441. The summed E-state index contributed by atoms with van der Waals surface area (Å²) in [6.07, 6.45) is 2.39. The van der Waals surface area contributed by atoms with Gasteiger partial charge in [0.25, 0.3) is 0 Å². The molecular formula is C25H26Cl2N4. The molecule has 0 aliphatic carbocycles. The van der Waals surface area contributed by atoms with Crippen LogP contribution in [-0.2, 0) is 18.4 Å². The third kappa shape index (κ3) is 2.20. The van der Waals surface area contributed by atoms with Crippen LogP contribution < -0.4 is 10.6 Å². The number of aromatic amines is 1. The molecule has 2 aromatic carbocycles. The minimum Gasteiger partial charge on any atom is -0.369 e. The van der Waals surface area contributed by atoms with Crippen molar-refractivity contribution in [3.63, 3.8) is 0 Å². The molecule has 0 amide bonds. The van der Waals surface area contributed by atoms with Crippen molar-refractivity contribution in [1.82, 2.24) is 15.2 Å². The van der Waals surface area contributed by atoms with E-state index < -0.39 is 0 Å². The predicted octanol–water partition coefficient (Wildman–Crippen LogP) is 5.15. The highest BCUT2D eigenvalue weighted by Crippen LogP contribution is 2.60. The fourth-order valence-corrected chi connectivity index (χ4v) is 7.84. The second-order valence-electron chi connectivity index (χ2n) is 10.1. The van der Waals surface area contributed by atoms with E-state index >= 15 is 0 Å². The summed E-state index contributed by atoms with van der Waals surface area (Å²) < 4.78 is 0. The van der Waals surface area contributed by atoms with Gasteiger partial charge < -0.3 is 15.6 Å². The Bertz CT molecular complexity index is 1250. The normalized spacial score (nSPS) is 35.8. The summed E-state index contributed by atoms with van der Waals surface area (Å²) in [6, 6.07) is 12.6. The molecule has 5 unspecified atom stereocenters. The number of rotatable bonds is 0. The van der Waals surface area contributed by atoms with E-state index in [1.165, 1.54) is 33.4 Å². The van der Waals surface area contributed by atoms with Crippen LogP contribution in [0.4, 0.5) is 5.69 Å². The molecule has 0 bridgehead atoms. The lowest BCUT2D eigenvalue weighted by Crippen LogP contribution is -2.61. The number of fused-ring (bicyclic) bond motifs is 8. The van der Waals surface area contributed by atoms with Gasteiger partial charge in [0.05, 0.1) is 11.7 Å². The maximum absolute atomic E-state index is 6.37. The topological polar surface area (TPSA) is 43.1 Å². The van der Waals surface area contributed by atoms with E-state index in [4.69, 9.17) is 23.2 Å². The van der Waals surface area contributed by atoms with E-state index in [9.17, 15) is 0 Å². The molecule has 5 heterocycles. The average Bonchev–Trinajstić information content (AvgIpc) is 3.28. The molecule has 4 aliphatic rings. The minimum absolute atomic E-state index is 0.0407. The number of halogens is 2. The predicted molar refractivity (Wildman–Crippen MR) is 127 cm³/mol. The van der Waals surface area contributed by atoms with Crippen LogP contribution in [0.1, 0.15) is 30.7 Å². The number of hydrogen-bond acceptors (Lipinski definition) is 3. The molecule has 3 aromatic rings. The standard InChI is InChI=1S/C25H26Cl2N4/c1-24-21-14(12-28-24)9-13-10-15(26)3-5-19(13)30-23(21)31-8-7-17-18-11-16(27)4-6-20(18)29-22(17)25(24,31)2/h3-6,10-11,14,21,23,28-30H,7-9,12H2,1-2H3. The third-order valence-corrected chi connectivity index (χ3v) is 9.45. The Labute approximate surface area is 192 Å². The molecule has 0 spiro atoms. The van der Waals surface area contributed by atoms with Gasteiger partial charge in [0, 0.05) is 50.3 Å². The first-order chi connectivity index (χ1) is 14.9. The Balaban J connectivity index is 1.43. The van der Waals surface area contributed by atoms with Crippen molar-refractivity contribution in [3.8, 4) is 0 Å². The van der Waals surface area contributed by atoms with Crippen LogP contribution in [0.25, 0.3) is 10.9 Å². The molecule has 7 rings (SSSR count). The SMILES string of the molecule is CC12NCC3Cc4cc(Cl)ccc4NC(C31)N1CCc3c([nH]c4ccc(Cl)cc34)C12C. The molecule has 4 nitrogen and oxygen atoms in total. The number of H-pyrrole nitrogens is 1. The molecule has 1 aromatic heterocycles. The van der Waals surface area contributed by atoms with E-state index in [2.05, 4.69) is 58.6 Å². The third-order valence-electron chi connectivity index (χ3n) is 8.98. The van der Waals surface area contributed by atoms with Crippen molar-refractivity contribution in [2.45, 2.75) is 43.9 Å². The van der Waals surface area contributed by atoms with Crippen molar-refractivity contribution in [1.29, 1.82) is 0 Å². The van der Waals surface area contributed by atoms with E-state index in [1.807, 2.05) is 12.1 Å². The maximum atomic E-state index is 6.37. The summed E-state index contributed by atoms with van der Waals surface area (Å²) in [5.74, 6) is 1.08. The number of hydrogen-bond donors (Lipinski definition) is 3. The van der Waals surface area contributed by atoms with E-state index in [0.29, 0.717) is 18.0 Å². The van der Waals surface area contributed by atoms with Crippen molar-refractivity contribution in [2.24, 2.45) is 11.8 Å². The lowest BCUT2D eigenvalue weighted by atomic mass is 9.69. The molecule has 6 heteroatoms. The highest BCUT2D eigenvalue weighted by atomic mass is 35.5. The lowest BCUT2D eigenvalue weighted by molar-refractivity contribution is 0.0599. The lowest BCUT2D eigenvalue weighted by Gasteiger charge is -2.48. The van der Waals surface area contributed by atoms with E-state index in [-0.39, 0.29) is 11.1 Å². The Kier molecular flexibility index (Phi) is 3.63. The zero-order valence-electron chi connectivity index (χ0n) is 17.7. The largest absolute Gasteiger partial charge is 0.369 e.